The number of carbonyl (C=O) groups is 4. The Bertz CT molecular complexity index is 1160. The first-order valence-electron chi connectivity index (χ1n) is 13.4. The van der Waals surface area contributed by atoms with Crippen LogP contribution < -0.4 is 0 Å². The molecule has 3 aliphatic rings. The highest BCUT2D eigenvalue weighted by Gasteiger charge is 2.78. The molecular weight excluding hydrogens is 504 g/mol. The van der Waals surface area contributed by atoms with Crippen LogP contribution in [0.15, 0.2) is 36.4 Å². The Balaban J connectivity index is 1.85. The van der Waals surface area contributed by atoms with E-state index >= 15 is 0 Å². The predicted octanol–water partition coefficient (Wildman–Crippen LogP) is 4.02. The van der Waals surface area contributed by atoms with Crippen LogP contribution in [0.3, 0.4) is 0 Å². The van der Waals surface area contributed by atoms with Gasteiger partial charge in [0, 0.05) is 32.8 Å². The van der Waals surface area contributed by atoms with Crippen molar-refractivity contribution in [2.75, 3.05) is 0 Å². The molecule has 8 atom stereocenters. The van der Waals surface area contributed by atoms with Crippen LogP contribution in [0.5, 0.6) is 0 Å². The summed E-state index contributed by atoms with van der Waals surface area (Å²) in [6.45, 7) is 11.5. The average molecular weight is 543 g/mol. The first kappa shape index (κ1) is 28.8. The molecule has 0 aromatic heterocycles. The second kappa shape index (κ2) is 10.4. The predicted molar refractivity (Wildman–Crippen MR) is 140 cm³/mol. The molecule has 39 heavy (non-hydrogen) atoms. The second-order valence-corrected chi connectivity index (χ2v) is 11.7. The summed E-state index contributed by atoms with van der Waals surface area (Å²) in [6, 6.07) is 9.28. The van der Waals surface area contributed by atoms with Crippen LogP contribution in [0.1, 0.15) is 66.9 Å². The van der Waals surface area contributed by atoms with E-state index in [0.29, 0.717) is 12.8 Å². The van der Waals surface area contributed by atoms with Gasteiger partial charge < -0.3 is 23.7 Å². The van der Waals surface area contributed by atoms with E-state index in [4.69, 9.17) is 23.7 Å². The van der Waals surface area contributed by atoms with Gasteiger partial charge in [-0.1, -0.05) is 37.3 Å². The van der Waals surface area contributed by atoms with E-state index in [0.717, 1.165) is 5.56 Å². The smallest absolute Gasteiger partial charge is 0.331 e. The molecule has 3 fully saturated rings. The number of esters is 4. The summed E-state index contributed by atoms with van der Waals surface area (Å²) in [5.74, 6) is -2.79. The minimum absolute atomic E-state index is 0.178. The Morgan fingerprint density at radius 2 is 1.49 bits per heavy atom. The zero-order valence-corrected chi connectivity index (χ0v) is 23.6. The third-order valence-electron chi connectivity index (χ3n) is 8.74. The highest BCUT2D eigenvalue weighted by Crippen LogP contribution is 2.67. The lowest BCUT2D eigenvalue weighted by atomic mass is 9.49. The van der Waals surface area contributed by atoms with Gasteiger partial charge in [0.05, 0.1) is 16.6 Å². The first-order valence-corrected chi connectivity index (χ1v) is 13.4. The summed E-state index contributed by atoms with van der Waals surface area (Å²) in [5, 5.41) is 0. The Labute approximate surface area is 229 Å². The molecule has 2 bridgehead atoms. The van der Waals surface area contributed by atoms with Crippen LogP contribution in [0.4, 0.5) is 0 Å². The molecule has 1 aromatic rings. The van der Waals surface area contributed by atoms with Crippen molar-refractivity contribution < 1.29 is 42.9 Å². The van der Waals surface area contributed by atoms with Crippen molar-refractivity contribution >= 4 is 30.0 Å². The fourth-order valence-corrected chi connectivity index (χ4v) is 7.20. The van der Waals surface area contributed by atoms with E-state index in [9.17, 15) is 19.2 Å². The van der Waals surface area contributed by atoms with E-state index in [2.05, 4.69) is 0 Å². The van der Waals surface area contributed by atoms with Crippen molar-refractivity contribution in [3.8, 4) is 0 Å². The number of benzene rings is 1. The molecule has 0 unspecified atom stereocenters. The maximum absolute atomic E-state index is 13.3. The van der Waals surface area contributed by atoms with Gasteiger partial charge in [-0.3, -0.25) is 14.4 Å². The largest absolute Gasteiger partial charge is 0.459 e. The molecule has 1 heterocycles. The first-order chi connectivity index (χ1) is 18.2. The average Bonchev–Trinajstić information content (AvgIpc) is 3.11. The standard InChI is InChI=1S/C30H38O9/c1-17-15-23(35-18(2)31)26(37-20(4)33)29(7)27(38-24(34)14-13-21-11-9-8-10-12-21)25(36-19(3)32)22-16-30(17,29)39-28(22,5)6/h8-14,17,22-23,25-27H,15-16H2,1-7H3/b14-13+/t17-,22+,23+,25+,26+,27+,29+,30+/m1/s1. The molecule has 9 nitrogen and oxygen atoms in total. The summed E-state index contributed by atoms with van der Waals surface area (Å²) >= 11 is 0. The molecule has 9 heteroatoms. The molecule has 1 saturated heterocycles. The molecule has 0 radical (unpaired) electrons. The number of hydrogen-bond donors (Lipinski definition) is 0. The minimum Gasteiger partial charge on any atom is -0.459 e. The third-order valence-corrected chi connectivity index (χ3v) is 8.74. The highest BCUT2D eigenvalue weighted by molar-refractivity contribution is 5.87. The van der Waals surface area contributed by atoms with Crippen LogP contribution in [0.2, 0.25) is 0 Å². The van der Waals surface area contributed by atoms with Gasteiger partial charge in [-0.2, -0.15) is 0 Å². The van der Waals surface area contributed by atoms with E-state index in [1.807, 2.05) is 58.0 Å². The quantitative estimate of drug-likeness (QED) is 0.299. The lowest BCUT2D eigenvalue weighted by molar-refractivity contribution is -0.294. The van der Waals surface area contributed by atoms with E-state index in [-0.39, 0.29) is 11.8 Å². The van der Waals surface area contributed by atoms with Crippen LogP contribution in [-0.4, -0.2) is 59.5 Å². The summed E-state index contributed by atoms with van der Waals surface area (Å²) < 4.78 is 30.5. The number of hydrogen-bond acceptors (Lipinski definition) is 9. The van der Waals surface area contributed by atoms with E-state index < -0.39 is 64.9 Å². The van der Waals surface area contributed by atoms with E-state index in [1.54, 1.807) is 6.08 Å². The summed E-state index contributed by atoms with van der Waals surface area (Å²) in [4.78, 5) is 50.2. The maximum Gasteiger partial charge on any atom is 0.331 e. The minimum atomic E-state index is -1.24. The molecule has 2 saturated carbocycles. The van der Waals surface area contributed by atoms with Gasteiger partial charge in [0.25, 0.3) is 0 Å². The van der Waals surface area contributed by atoms with Gasteiger partial charge in [-0.05, 0) is 51.2 Å². The van der Waals surface area contributed by atoms with Gasteiger partial charge in [0.15, 0.2) is 12.2 Å². The Hall–Kier alpha value is -3.20. The van der Waals surface area contributed by atoms with Crippen molar-refractivity contribution in [3.05, 3.63) is 42.0 Å². The monoisotopic (exact) mass is 542 g/mol. The zero-order chi connectivity index (χ0) is 28.8. The van der Waals surface area contributed by atoms with Crippen LogP contribution in [-0.2, 0) is 42.9 Å². The Morgan fingerprint density at radius 1 is 0.872 bits per heavy atom. The maximum atomic E-state index is 13.3. The summed E-state index contributed by atoms with van der Waals surface area (Å²) in [7, 11) is 0. The van der Waals surface area contributed by atoms with Gasteiger partial charge in [0.1, 0.15) is 12.2 Å². The number of ether oxygens (including phenoxy) is 5. The molecule has 1 aliphatic heterocycles. The van der Waals surface area contributed by atoms with Crippen molar-refractivity contribution in [1.29, 1.82) is 0 Å². The molecule has 1 aromatic carbocycles. The molecule has 2 aliphatic carbocycles. The fraction of sp³-hybridized carbons (Fsp3) is 0.600. The fourth-order valence-electron chi connectivity index (χ4n) is 7.20. The van der Waals surface area contributed by atoms with Crippen molar-refractivity contribution in [2.24, 2.45) is 17.3 Å². The topological polar surface area (TPSA) is 114 Å². The van der Waals surface area contributed by atoms with Crippen molar-refractivity contribution in [2.45, 2.75) is 96.9 Å². The van der Waals surface area contributed by atoms with Crippen LogP contribution in [0.25, 0.3) is 6.08 Å². The van der Waals surface area contributed by atoms with Crippen molar-refractivity contribution in [3.63, 3.8) is 0 Å². The normalized spacial score (nSPS) is 36.5. The molecule has 0 amide bonds. The zero-order valence-electron chi connectivity index (χ0n) is 23.6. The summed E-state index contributed by atoms with van der Waals surface area (Å²) in [5.41, 5.74) is -2.12. The Morgan fingerprint density at radius 3 is 2.08 bits per heavy atom. The second-order valence-electron chi connectivity index (χ2n) is 11.7. The van der Waals surface area contributed by atoms with Gasteiger partial charge >= 0.3 is 23.9 Å². The van der Waals surface area contributed by atoms with Crippen molar-refractivity contribution in [1.82, 2.24) is 0 Å². The SMILES string of the molecule is CC(=O)O[C@H]1[C@@H]2C[C@]3(OC2(C)C)[C@H](C)C[C@H](OC(C)=O)[C@H](OC(C)=O)[C@@]3(C)[C@H]1OC(=O)/C=C/c1ccccc1. The van der Waals surface area contributed by atoms with Crippen LogP contribution >= 0.6 is 0 Å². The molecule has 1 spiro atoms. The Kier molecular flexibility index (Phi) is 7.69. The van der Waals surface area contributed by atoms with E-state index in [1.165, 1.54) is 26.8 Å². The molecule has 212 valence electrons. The molecule has 0 N–H and O–H groups in total. The van der Waals surface area contributed by atoms with Gasteiger partial charge in [-0.25, -0.2) is 4.79 Å². The lowest BCUT2D eigenvalue weighted by Crippen LogP contribution is -2.74. The number of rotatable bonds is 6. The third kappa shape index (κ3) is 5.09. The molecule has 4 rings (SSSR count). The summed E-state index contributed by atoms with van der Waals surface area (Å²) in [6.07, 6.45) is -0.00705. The van der Waals surface area contributed by atoms with Gasteiger partial charge in [0.2, 0.25) is 0 Å². The number of carbonyl (C=O) groups excluding carboxylic acids is 4. The lowest BCUT2D eigenvalue weighted by Gasteiger charge is -2.62. The number of fused-ring (bicyclic) bond motifs is 1. The van der Waals surface area contributed by atoms with Gasteiger partial charge in [-0.15, -0.1) is 0 Å². The molecular formula is C30H38O9. The highest BCUT2D eigenvalue weighted by atomic mass is 16.6. The van der Waals surface area contributed by atoms with Crippen LogP contribution in [0, 0.1) is 17.3 Å².